The van der Waals surface area contributed by atoms with Crippen molar-refractivity contribution in [1.29, 1.82) is 0 Å². The van der Waals surface area contributed by atoms with Crippen LogP contribution in [0.2, 0.25) is 0 Å². The average molecular weight is 347 g/mol. The summed E-state index contributed by atoms with van der Waals surface area (Å²) in [4.78, 5) is 10.7. The zero-order chi connectivity index (χ0) is 16.8. The molecule has 0 aliphatic carbocycles. The molecule has 24 heavy (non-hydrogen) atoms. The summed E-state index contributed by atoms with van der Waals surface area (Å²) in [6.45, 7) is 2.38. The molecule has 1 aliphatic rings. The summed E-state index contributed by atoms with van der Waals surface area (Å²) in [5, 5.41) is 10.0. The van der Waals surface area contributed by atoms with Crippen LogP contribution in [0.4, 0.5) is 9.39 Å². The van der Waals surface area contributed by atoms with Crippen molar-refractivity contribution in [1.82, 2.24) is 15.6 Å². The Bertz CT molecular complexity index is 665. The van der Waals surface area contributed by atoms with E-state index in [1.807, 2.05) is 0 Å². The molecule has 0 radical (unpaired) electrons. The molecule has 3 rings (SSSR count). The summed E-state index contributed by atoms with van der Waals surface area (Å²) >= 11 is 1.78. The molecular weight excluding hydrogens is 325 g/mol. The molecule has 0 atom stereocenters. The largest absolute Gasteiger partial charge is 0.363 e. The number of aliphatic imine (C=N–C) groups is 1. The van der Waals surface area contributed by atoms with Gasteiger partial charge in [-0.25, -0.2) is 4.39 Å². The number of thiophene rings is 1. The zero-order valence-electron chi connectivity index (χ0n) is 13.7. The third kappa shape index (κ3) is 4.23. The van der Waals surface area contributed by atoms with E-state index in [0.29, 0.717) is 24.2 Å². The number of guanidine groups is 1. The number of halogens is 1. The van der Waals surface area contributed by atoms with Crippen LogP contribution in [0.1, 0.15) is 18.5 Å². The van der Waals surface area contributed by atoms with E-state index in [-0.39, 0.29) is 5.82 Å². The molecule has 2 aromatic heterocycles. The second kappa shape index (κ2) is 8.10. The van der Waals surface area contributed by atoms with Crippen molar-refractivity contribution in [3.8, 4) is 0 Å². The first kappa shape index (κ1) is 16.7. The fourth-order valence-corrected chi connectivity index (χ4v) is 3.58. The van der Waals surface area contributed by atoms with Crippen LogP contribution in [0.15, 0.2) is 40.8 Å². The lowest BCUT2D eigenvalue weighted by Crippen LogP contribution is -2.48. The number of nitrogens with zero attached hydrogens (tertiary/aromatic N) is 3. The van der Waals surface area contributed by atoms with E-state index >= 15 is 0 Å². The first-order valence-corrected chi connectivity index (χ1v) is 8.99. The van der Waals surface area contributed by atoms with Crippen LogP contribution >= 0.6 is 11.3 Å². The van der Waals surface area contributed by atoms with Gasteiger partial charge in [-0.05, 0) is 42.5 Å². The molecule has 1 saturated heterocycles. The Balaban J connectivity index is 1.47. The number of nitrogens with one attached hydrogen (secondary N) is 2. The fraction of sp³-hybridized carbons (Fsp3) is 0.412. The van der Waals surface area contributed by atoms with Crippen LogP contribution in [0.3, 0.4) is 0 Å². The van der Waals surface area contributed by atoms with Gasteiger partial charge in [-0.15, -0.1) is 11.3 Å². The summed E-state index contributed by atoms with van der Waals surface area (Å²) in [7, 11) is 1.73. The van der Waals surface area contributed by atoms with Crippen molar-refractivity contribution in [2.45, 2.75) is 25.4 Å². The standard InChI is InChI=1S/C17H22FN5S/c1-19-17(21-12-15-14(18)4-2-8-20-15)22-13-6-9-23(10-7-13)16-5-3-11-24-16/h2-5,8,11,13H,6-7,9-10,12H2,1H3,(H2,19,21,22). The molecule has 3 heterocycles. The molecule has 7 heteroatoms. The quantitative estimate of drug-likeness (QED) is 0.659. The van der Waals surface area contributed by atoms with E-state index in [1.165, 1.54) is 11.1 Å². The molecule has 1 fully saturated rings. The van der Waals surface area contributed by atoms with Crippen LogP contribution in [0.25, 0.3) is 0 Å². The first-order valence-electron chi connectivity index (χ1n) is 8.11. The summed E-state index contributed by atoms with van der Waals surface area (Å²) < 4.78 is 13.6. The number of rotatable bonds is 4. The van der Waals surface area contributed by atoms with Crippen LogP contribution in [-0.4, -0.2) is 37.1 Å². The molecule has 0 amide bonds. The number of aromatic nitrogens is 1. The second-order valence-electron chi connectivity index (χ2n) is 5.71. The fourth-order valence-electron chi connectivity index (χ4n) is 2.80. The summed E-state index contributed by atoms with van der Waals surface area (Å²) in [6, 6.07) is 7.64. The molecule has 0 bridgehead atoms. The summed E-state index contributed by atoms with van der Waals surface area (Å²) in [5.74, 6) is 0.388. The molecule has 128 valence electrons. The lowest BCUT2D eigenvalue weighted by Gasteiger charge is -2.33. The van der Waals surface area contributed by atoms with E-state index in [2.05, 4.69) is 43.0 Å². The number of anilines is 1. The van der Waals surface area contributed by atoms with E-state index in [0.717, 1.165) is 25.9 Å². The Labute approximate surface area is 145 Å². The third-order valence-electron chi connectivity index (χ3n) is 4.14. The van der Waals surface area contributed by atoms with Crippen molar-refractivity contribution in [2.24, 2.45) is 4.99 Å². The maximum atomic E-state index is 13.6. The van der Waals surface area contributed by atoms with Gasteiger partial charge >= 0.3 is 0 Å². The third-order valence-corrected chi connectivity index (χ3v) is 5.06. The lowest BCUT2D eigenvalue weighted by atomic mass is 10.1. The smallest absolute Gasteiger partial charge is 0.191 e. The van der Waals surface area contributed by atoms with Gasteiger partial charge in [-0.2, -0.15) is 0 Å². The molecule has 0 aromatic carbocycles. The van der Waals surface area contributed by atoms with Gasteiger partial charge < -0.3 is 15.5 Å². The summed E-state index contributed by atoms with van der Waals surface area (Å²) in [5.41, 5.74) is 0.396. The number of pyridine rings is 1. The van der Waals surface area contributed by atoms with E-state index in [4.69, 9.17) is 0 Å². The lowest BCUT2D eigenvalue weighted by molar-refractivity contribution is 0.462. The van der Waals surface area contributed by atoms with Crippen molar-refractivity contribution in [3.63, 3.8) is 0 Å². The second-order valence-corrected chi connectivity index (χ2v) is 6.64. The van der Waals surface area contributed by atoms with Gasteiger partial charge in [0.25, 0.3) is 0 Å². The minimum atomic E-state index is -0.301. The highest BCUT2D eigenvalue weighted by atomic mass is 32.1. The average Bonchev–Trinajstić information content (AvgIpc) is 3.15. The normalized spacial score (nSPS) is 16.2. The van der Waals surface area contributed by atoms with Crippen molar-refractivity contribution in [3.05, 3.63) is 47.4 Å². The molecule has 0 spiro atoms. The highest BCUT2D eigenvalue weighted by molar-refractivity contribution is 7.14. The molecular formula is C17H22FN5S. The van der Waals surface area contributed by atoms with Gasteiger partial charge in [-0.3, -0.25) is 9.98 Å². The molecule has 2 N–H and O–H groups in total. The summed E-state index contributed by atoms with van der Waals surface area (Å²) in [6.07, 6.45) is 3.70. The van der Waals surface area contributed by atoms with Crippen LogP contribution in [0, 0.1) is 5.82 Å². The topological polar surface area (TPSA) is 52.6 Å². The Morgan fingerprint density at radius 2 is 2.21 bits per heavy atom. The van der Waals surface area contributed by atoms with Gasteiger partial charge in [0.1, 0.15) is 5.82 Å². The monoisotopic (exact) mass is 347 g/mol. The molecule has 0 saturated carbocycles. The van der Waals surface area contributed by atoms with Gasteiger partial charge in [0.15, 0.2) is 5.96 Å². The van der Waals surface area contributed by atoms with Gasteiger partial charge in [0.2, 0.25) is 0 Å². The number of hydrogen-bond donors (Lipinski definition) is 2. The highest BCUT2D eigenvalue weighted by Gasteiger charge is 2.20. The predicted octanol–water partition coefficient (Wildman–Crippen LogP) is 2.62. The molecule has 0 unspecified atom stereocenters. The molecule has 2 aromatic rings. The van der Waals surface area contributed by atoms with Crippen LogP contribution < -0.4 is 15.5 Å². The van der Waals surface area contributed by atoms with E-state index < -0.39 is 0 Å². The molecule has 5 nitrogen and oxygen atoms in total. The SMILES string of the molecule is CN=C(NCc1ncccc1F)NC1CCN(c2cccs2)CC1. The Kier molecular flexibility index (Phi) is 5.63. The van der Waals surface area contributed by atoms with Gasteiger partial charge in [-0.1, -0.05) is 0 Å². The molecule has 1 aliphatic heterocycles. The highest BCUT2D eigenvalue weighted by Crippen LogP contribution is 2.24. The van der Waals surface area contributed by atoms with E-state index in [1.54, 1.807) is 30.6 Å². The van der Waals surface area contributed by atoms with Crippen molar-refractivity contribution < 1.29 is 4.39 Å². The maximum Gasteiger partial charge on any atom is 0.191 e. The van der Waals surface area contributed by atoms with Gasteiger partial charge in [0, 0.05) is 32.4 Å². The Morgan fingerprint density at radius 1 is 1.38 bits per heavy atom. The van der Waals surface area contributed by atoms with Crippen molar-refractivity contribution >= 4 is 22.3 Å². The predicted molar refractivity (Wildman–Crippen MR) is 97.1 cm³/mol. The van der Waals surface area contributed by atoms with Crippen LogP contribution in [0.5, 0.6) is 0 Å². The van der Waals surface area contributed by atoms with Crippen LogP contribution in [-0.2, 0) is 6.54 Å². The van der Waals surface area contributed by atoms with Gasteiger partial charge in [0.05, 0.1) is 17.2 Å². The van der Waals surface area contributed by atoms with Crippen molar-refractivity contribution in [2.75, 3.05) is 25.0 Å². The minimum absolute atomic E-state index is 0.301. The zero-order valence-corrected chi connectivity index (χ0v) is 14.5. The number of hydrogen-bond acceptors (Lipinski definition) is 4. The number of piperidine rings is 1. The maximum absolute atomic E-state index is 13.6. The minimum Gasteiger partial charge on any atom is -0.363 e. The Morgan fingerprint density at radius 3 is 2.88 bits per heavy atom. The first-order chi connectivity index (χ1) is 11.8. The Hall–Kier alpha value is -2.15. The van der Waals surface area contributed by atoms with E-state index in [9.17, 15) is 4.39 Å².